The van der Waals surface area contributed by atoms with Crippen LogP contribution in [0.2, 0.25) is 0 Å². The molecule has 0 aliphatic carbocycles. The van der Waals surface area contributed by atoms with Crippen LogP contribution < -0.4 is 5.32 Å². The van der Waals surface area contributed by atoms with Crippen LogP contribution in [0.1, 0.15) is 17.0 Å². The molecule has 1 N–H and O–H groups in total. The van der Waals surface area contributed by atoms with E-state index in [0.717, 1.165) is 5.56 Å². The molecule has 112 valence electrons. The molecule has 1 aromatic carbocycles. The molecule has 2 heterocycles. The molecule has 1 amide bonds. The van der Waals surface area contributed by atoms with Gasteiger partial charge in [-0.25, -0.2) is 0 Å². The van der Waals surface area contributed by atoms with Gasteiger partial charge >= 0.3 is 0 Å². The van der Waals surface area contributed by atoms with Crippen molar-refractivity contribution < 1.29 is 13.7 Å². The Kier molecular flexibility index (Phi) is 4.05. The van der Waals surface area contributed by atoms with Crippen molar-refractivity contribution in [3.05, 3.63) is 65.7 Å². The number of nitrogens with one attached hydrogen (secondary N) is 1. The first kappa shape index (κ1) is 14.1. The van der Waals surface area contributed by atoms with Crippen LogP contribution in [0.5, 0.6) is 0 Å². The SMILES string of the molecule is Cc1ccc(-c2cc(CC(=O)NCc3ccco3)no2)cc1. The third kappa shape index (κ3) is 3.44. The van der Waals surface area contributed by atoms with Gasteiger partial charge in [0.05, 0.1) is 24.9 Å². The van der Waals surface area contributed by atoms with Crippen molar-refractivity contribution in [2.45, 2.75) is 19.9 Å². The number of hydrogen-bond acceptors (Lipinski definition) is 4. The topological polar surface area (TPSA) is 68.3 Å². The van der Waals surface area contributed by atoms with E-state index in [2.05, 4.69) is 10.5 Å². The maximum atomic E-state index is 11.9. The lowest BCUT2D eigenvalue weighted by Crippen LogP contribution is -2.24. The molecule has 0 radical (unpaired) electrons. The highest BCUT2D eigenvalue weighted by atomic mass is 16.5. The number of benzene rings is 1. The van der Waals surface area contributed by atoms with Crippen molar-refractivity contribution >= 4 is 5.91 Å². The molecule has 5 heteroatoms. The predicted octanol–water partition coefficient (Wildman–Crippen LogP) is 3.10. The molecule has 0 saturated heterocycles. The fraction of sp³-hybridized carbons (Fsp3) is 0.176. The Bertz CT molecular complexity index is 743. The number of hydrogen-bond donors (Lipinski definition) is 1. The summed E-state index contributed by atoms with van der Waals surface area (Å²) in [5.74, 6) is 1.25. The maximum Gasteiger partial charge on any atom is 0.226 e. The molecule has 5 nitrogen and oxygen atoms in total. The van der Waals surface area contributed by atoms with E-state index in [1.165, 1.54) is 5.56 Å². The Balaban J connectivity index is 1.59. The lowest BCUT2D eigenvalue weighted by atomic mass is 10.1. The van der Waals surface area contributed by atoms with Gasteiger partial charge in [0.2, 0.25) is 5.91 Å². The van der Waals surface area contributed by atoms with Crippen molar-refractivity contribution in [2.75, 3.05) is 0 Å². The Morgan fingerprint density at radius 3 is 2.77 bits per heavy atom. The second kappa shape index (κ2) is 6.30. The van der Waals surface area contributed by atoms with Crippen LogP contribution in [-0.4, -0.2) is 11.1 Å². The molecule has 0 aliphatic heterocycles. The number of amides is 1. The molecule has 3 rings (SSSR count). The quantitative estimate of drug-likeness (QED) is 0.785. The first-order chi connectivity index (χ1) is 10.7. The number of aromatic nitrogens is 1. The molecule has 22 heavy (non-hydrogen) atoms. The number of carbonyl (C=O) groups is 1. The highest BCUT2D eigenvalue weighted by Crippen LogP contribution is 2.20. The van der Waals surface area contributed by atoms with Crippen LogP contribution >= 0.6 is 0 Å². The van der Waals surface area contributed by atoms with Gasteiger partial charge in [-0.05, 0) is 19.1 Å². The van der Waals surface area contributed by atoms with Crippen molar-refractivity contribution in [3.63, 3.8) is 0 Å². The Morgan fingerprint density at radius 2 is 2.05 bits per heavy atom. The molecule has 0 aliphatic rings. The number of aryl methyl sites for hydroxylation is 1. The minimum atomic E-state index is -0.125. The number of rotatable bonds is 5. The van der Waals surface area contributed by atoms with Crippen LogP contribution in [-0.2, 0) is 17.8 Å². The van der Waals surface area contributed by atoms with E-state index < -0.39 is 0 Å². The first-order valence-corrected chi connectivity index (χ1v) is 7.02. The van der Waals surface area contributed by atoms with Crippen molar-refractivity contribution in [1.82, 2.24) is 10.5 Å². The average molecular weight is 296 g/mol. The summed E-state index contributed by atoms with van der Waals surface area (Å²) in [6.07, 6.45) is 1.75. The van der Waals surface area contributed by atoms with Crippen LogP contribution in [0.25, 0.3) is 11.3 Å². The number of carbonyl (C=O) groups excluding carboxylic acids is 1. The highest BCUT2D eigenvalue weighted by Gasteiger charge is 2.11. The van der Waals surface area contributed by atoms with Gasteiger partial charge in [0.25, 0.3) is 0 Å². The Morgan fingerprint density at radius 1 is 1.23 bits per heavy atom. The summed E-state index contributed by atoms with van der Waals surface area (Å²) in [4.78, 5) is 11.9. The largest absolute Gasteiger partial charge is 0.467 e. The molecular weight excluding hydrogens is 280 g/mol. The standard InChI is InChI=1S/C17H16N2O3/c1-12-4-6-13(7-5-12)16-9-14(19-22-16)10-17(20)18-11-15-3-2-8-21-15/h2-9H,10-11H2,1H3,(H,18,20). The zero-order valence-corrected chi connectivity index (χ0v) is 12.2. The molecule has 0 atom stereocenters. The van der Waals surface area contributed by atoms with E-state index in [9.17, 15) is 4.79 Å². The van der Waals surface area contributed by atoms with E-state index in [1.807, 2.05) is 37.3 Å². The molecular formula is C17H16N2O3. The van der Waals surface area contributed by atoms with E-state index >= 15 is 0 Å². The van der Waals surface area contributed by atoms with Crippen LogP contribution in [0, 0.1) is 6.92 Å². The number of nitrogens with zero attached hydrogens (tertiary/aromatic N) is 1. The molecule has 0 saturated carbocycles. The lowest BCUT2D eigenvalue weighted by Gasteiger charge is -2.00. The first-order valence-electron chi connectivity index (χ1n) is 7.02. The van der Waals surface area contributed by atoms with Gasteiger partial charge in [0.1, 0.15) is 5.76 Å². The van der Waals surface area contributed by atoms with Gasteiger partial charge in [0.15, 0.2) is 5.76 Å². The molecule has 0 bridgehead atoms. The summed E-state index contributed by atoms with van der Waals surface area (Å²) in [6.45, 7) is 2.40. The Labute approximate surface area is 127 Å². The molecule has 0 unspecified atom stereocenters. The van der Waals surface area contributed by atoms with Gasteiger partial charge < -0.3 is 14.3 Å². The highest BCUT2D eigenvalue weighted by molar-refractivity contribution is 5.78. The van der Waals surface area contributed by atoms with Gasteiger partial charge in [-0.3, -0.25) is 4.79 Å². The summed E-state index contributed by atoms with van der Waals surface area (Å²) in [5.41, 5.74) is 2.73. The van der Waals surface area contributed by atoms with Gasteiger partial charge in [-0.15, -0.1) is 0 Å². The molecule has 0 spiro atoms. The van der Waals surface area contributed by atoms with E-state index in [-0.39, 0.29) is 12.3 Å². The zero-order valence-electron chi connectivity index (χ0n) is 12.2. The Hall–Kier alpha value is -2.82. The summed E-state index contributed by atoms with van der Waals surface area (Å²) in [7, 11) is 0. The predicted molar refractivity (Wildman–Crippen MR) is 80.9 cm³/mol. The zero-order chi connectivity index (χ0) is 15.4. The third-order valence-corrected chi connectivity index (χ3v) is 3.28. The van der Waals surface area contributed by atoms with E-state index in [1.54, 1.807) is 18.4 Å². The summed E-state index contributed by atoms with van der Waals surface area (Å²) >= 11 is 0. The smallest absolute Gasteiger partial charge is 0.226 e. The van der Waals surface area contributed by atoms with Gasteiger partial charge in [0, 0.05) is 11.6 Å². The maximum absolute atomic E-state index is 11.9. The third-order valence-electron chi connectivity index (χ3n) is 3.28. The summed E-state index contributed by atoms with van der Waals surface area (Å²) in [5, 5.41) is 6.72. The fourth-order valence-electron chi connectivity index (χ4n) is 2.07. The second-order valence-electron chi connectivity index (χ2n) is 5.08. The van der Waals surface area contributed by atoms with Crippen LogP contribution in [0.3, 0.4) is 0 Å². The molecule has 2 aromatic heterocycles. The van der Waals surface area contributed by atoms with Gasteiger partial charge in [-0.2, -0.15) is 0 Å². The average Bonchev–Trinajstić information content (AvgIpc) is 3.17. The fourth-order valence-corrected chi connectivity index (χ4v) is 2.07. The van der Waals surface area contributed by atoms with E-state index in [0.29, 0.717) is 23.8 Å². The van der Waals surface area contributed by atoms with Crippen molar-refractivity contribution in [1.29, 1.82) is 0 Å². The number of furan rings is 1. The summed E-state index contributed by atoms with van der Waals surface area (Å²) < 4.78 is 10.5. The minimum absolute atomic E-state index is 0.125. The minimum Gasteiger partial charge on any atom is -0.467 e. The van der Waals surface area contributed by atoms with Crippen LogP contribution in [0.15, 0.2) is 57.7 Å². The van der Waals surface area contributed by atoms with E-state index in [4.69, 9.17) is 8.94 Å². The lowest BCUT2D eigenvalue weighted by molar-refractivity contribution is -0.120. The summed E-state index contributed by atoms with van der Waals surface area (Å²) in [6, 6.07) is 13.3. The molecule has 3 aromatic rings. The monoisotopic (exact) mass is 296 g/mol. The second-order valence-corrected chi connectivity index (χ2v) is 5.08. The normalized spacial score (nSPS) is 10.6. The van der Waals surface area contributed by atoms with Crippen LogP contribution in [0.4, 0.5) is 0 Å². The molecule has 0 fully saturated rings. The van der Waals surface area contributed by atoms with Gasteiger partial charge in [-0.1, -0.05) is 35.0 Å². The van der Waals surface area contributed by atoms with Crippen molar-refractivity contribution in [2.24, 2.45) is 0 Å². The van der Waals surface area contributed by atoms with Crippen molar-refractivity contribution in [3.8, 4) is 11.3 Å².